The summed E-state index contributed by atoms with van der Waals surface area (Å²) in [4.78, 5) is 0. The van der Waals surface area contributed by atoms with Crippen LogP contribution in [0.3, 0.4) is 0 Å². The first-order valence-corrected chi connectivity index (χ1v) is 3.79. The van der Waals surface area contributed by atoms with Crippen molar-refractivity contribution in [1.29, 1.82) is 0 Å². The lowest BCUT2D eigenvalue weighted by atomic mass is 10.2. The summed E-state index contributed by atoms with van der Waals surface area (Å²) >= 11 is 5.76. The van der Waals surface area contributed by atoms with Crippen molar-refractivity contribution >= 4 is 18.9 Å². The minimum Gasteiger partial charge on any atom is -0.402 e. The van der Waals surface area contributed by atoms with Gasteiger partial charge in [0, 0.05) is 5.02 Å². The summed E-state index contributed by atoms with van der Waals surface area (Å²) in [5, 5.41) is 17.3. The molecule has 5 heteroatoms. The lowest BCUT2D eigenvalue weighted by molar-refractivity contribution is 0.177. The molecule has 0 aromatic heterocycles. The molecule has 0 saturated heterocycles. The minimum atomic E-state index is -1.75. The molecule has 0 spiro atoms. The van der Waals surface area contributed by atoms with Crippen LogP contribution in [-0.2, 0) is 11.3 Å². The van der Waals surface area contributed by atoms with Crippen LogP contribution < -0.4 is 0 Å². The van der Waals surface area contributed by atoms with Crippen molar-refractivity contribution in [1.82, 2.24) is 0 Å². The molecule has 2 N–H and O–H groups in total. The fraction of sp³-hybridized carbons (Fsp3) is 0.143. The van der Waals surface area contributed by atoms with Crippen LogP contribution in [0.2, 0.25) is 5.02 Å². The fourth-order valence-corrected chi connectivity index (χ4v) is 0.970. The zero-order chi connectivity index (χ0) is 8.97. The molecule has 1 rings (SSSR count). The van der Waals surface area contributed by atoms with E-state index in [1.54, 1.807) is 24.3 Å². The number of benzene rings is 1. The predicted molar refractivity (Wildman–Crippen MR) is 46.4 cm³/mol. The van der Waals surface area contributed by atoms with Gasteiger partial charge in [-0.3, -0.25) is 0 Å². The van der Waals surface area contributed by atoms with Crippen molar-refractivity contribution in [2.75, 3.05) is 0 Å². The number of rotatable bonds is 3. The molecule has 1 aromatic rings. The van der Waals surface area contributed by atoms with Gasteiger partial charge in [-0.15, -0.1) is 0 Å². The maximum atomic E-state index is 8.39. The maximum Gasteiger partial charge on any atom is 0.634 e. The van der Waals surface area contributed by atoms with Gasteiger partial charge in [0.2, 0.25) is 0 Å². The van der Waals surface area contributed by atoms with Gasteiger partial charge in [0.1, 0.15) is 0 Å². The molecule has 3 nitrogen and oxygen atoms in total. The van der Waals surface area contributed by atoms with Crippen LogP contribution in [0.15, 0.2) is 24.3 Å². The van der Waals surface area contributed by atoms with E-state index >= 15 is 0 Å². The number of hydrogen-bond acceptors (Lipinski definition) is 3. The molecular weight excluding hydrogens is 178 g/mol. The largest absolute Gasteiger partial charge is 0.634 e. The Balaban J connectivity index is 2.57. The van der Waals surface area contributed by atoms with Crippen molar-refractivity contribution in [3.05, 3.63) is 34.9 Å². The Morgan fingerprint density at radius 3 is 2.58 bits per heavy atom. The summed E-state index contributed by atoms with van der Waals surface area (Å²) in [5.41, 5.74) is 0.729. The molecule has 0 amide bonds. The van der Waals surface area contributed by atoms with Crippen LogP contribution >= 0.6 is 11.6 Å². The van der Waals surface area contributed by atoms with Crippen LogP contribution in [-0.4, -0.2) is 17.4 Å². The topological polar surface area (TPSA) is 49.7 Å². The Bertz CT molecular complexity index is 254. The average molecular weight is 186 g/mol. The third-order valence-corrected chi connectivity index (χ3v) is 1.71. The number of halogens is 1. The lowest BCUT2D eigenvalue weighted by Gasteiger charge is -2.03. The monoisotopic (exact) mass is 186 g/mol. The molecule has 1 aromatic carbocycles. The van der Waals surface area contributed by atoms with Gasteiger partial charge in [-0.1, -0.05) is 29.8 Å². The zero-order valence-corrected chi connectivity index (χ0v) is 7.03. The Labute approximate surface area is 75.7 Å². The summed E-state index contributed by atoms with van der Waals surface area (Å²) in [6.45, 7) is 0.0946. The highest BCUT2D eigenvalue weighted by atomic mass is 35.5. The third kappa shape index (κ3) is 2.83. The molecule has 0 aliphatic heterocycles. The summed E-state index contributed by atoms with van der Waals surface area (Å²) in [7, 11) is -1.75. The molecule has 0 atom stereocenters. The van der Waals surface area contributed by atoms with E-state index < -0.39 is 7.32 Å². The van der Waals surface area contributed by atoms with E-state index in [9.17, 15) is 0 Å². The Hall–Kier alpha value is -0.545. The molecular formula is C7H8BClO3. The van der Waals surface area contributed by atoms with Gasteiger partial charge in [0.05, 0.1) is 6.61 Å². The van der Waals surface area contributed by atoms with E-state index in [1.165, 1.54) is 0 Å². The van der Waals surface area contributed by atoms with Crippen LogP contribution in [0.4, 0.5) is 0 Å². The first kappa shape index (κ1) is 9.54. The predicted octanol–water partition coefficient (Wildman–Crippen LogP) is 0.826. The molecule has 0 saturated carbocycles. The van der Waals surface area contributed by atoms with Crippen molar-refractivity contribution < 1.29 is 14.7 Å². The van der Waals surface area contributed by atoms with Gasteiger partial charge in [0.25, 0.3) is 0 Å². The minimum absolute atomic E-state index is 0.0946. The first-order chi connectivity index (χ1) is 5.70. The van der Waals surface area contributed by atoms with Gasteiger partial charge in [0.15, 0.2) is 0 Å². The summed E-state index contributed by atoms with van der Waals surface area (Å²) in [6, 6.07) is 7.06. The highest BCUT2D eigenvalue weighted by Crippen LogP contribution is 2.15. The average Bonchev–Trinajstić information content (AvgIpc) is 2.03. The van der Waals surface area contributed by atoms with Crippen molar-refractivity contribution in [3.8, 4) is 0 Å². The second kappa shape index (κ2) is 4.47. The molecule has 64 valence electrons. The molecule has 0 radical (unpaired) electrons. The molecule has 0 bridgehead atoms. The van der Waals surface area contributed by atoms with E-state index in [0.717, 1.165) is 5.56 Å². The molecule has 0 aliphatic rings. The second-order valence-electron chi connectivity index (χ2n) is 2.23. The Morgan fingerprint density at radius 1 is 1.33 bits per heavy atom. The van der Waals surface area contributed by atoms with E-state index in [0.29, 0.717) is 5.02 Å². The van der Waals surface area contributed by atoms with Crippen molar-refractivity contribution in [3.63, 3.8) is 0 Å². The van der Waals surface area contributed by atoms with Gasteiger partial charge in [-0.25, -0.2) is 0 Å². The lowest BCUT2D eigenvalue weighted by Crippen LogP contribution is -2.16. The molecule has 0 heterocycles. The highest BCUT2D eigenvalue weighted by molar-refractivity contribution is 6.33. The normalized spacial score (nSPS) is 9.92. The van der Waals surface area contributed by atoms with Gasteiger partial charge < -0.3 is 14.7 Å². The second-order valence-corrected chi connectivity index (χ2v) is 2.64. The quantitative estimate of drug-likeness (QED) is 0.687. The van der Waals surface area contributed by atoms with E-state index in [1.807, 2.05) is 0 Å². The standard InChI is InChI=1S/C7H8BClO3/c9-7-4-2-1-3-6(7)5-12-8(10)11/h1-4,10-11H,5H2. The molecule has 0 aliphatic carbocycles. The number of hydrogen-bond donors (Lipinski definition) is 2. The summed E-state index contributed by atoms with van der Waals surface area (Å²) in [6.07, 6.45) is 0. The summed E-state index contributed by atoms with van der Waals surface area (Å²) in [5.74, 6) is 0. The maximum absolute atomic E-state index is 8.39. The van der Waals surface area contributed by atoms with Crippen molar-refractivity contribution in [2.45, 2.75) is 6.61 Å². The Kier molecular flexibility index (Phi) is 3.56. The van der Waals surface area contributed by atoms with E-state index in [2.05, 4.69) is 4.65 Å². The van der Waals surface area contributed by atoms with E-state index in [-0.39, 0.29) is 6.61 Å². The zero-order valence-electron chi connectivity index (χ0n) is 6.27. The van der Waals surface area contributed by atoms with Gasteiger partial charge in [-0.05, 0) is 11.6 Å². The molecule has 12 heavy (non-hydrogen) atoms. The van der Waals surface area contributed by atoms with Crippen LogP contribution in [0.1, 0.15) is 5.56 Å². The molecule has 0 unspecified atom stereocenters. The first-order valence-electron chi connectivity index (χ1n) is 3.41. The smallest absolute Gasteiger partial charge is 0.402 e. The Morgan fingerprint density at radius 2 is 2.00 bits per heavy atom. The van der Waals surface area contributed by atoms with Crippen LogP contribution in [0.5, 0.6) is 0 Å². The third-order valence-electron chi connectivity index (χ3n) is 1.35. The molecule has 0 fully saturated rings. The van der Waals surface area contributed by atoms with Crippen molar-refractivity contribution in [2.24, 2.45) is 0 Å². The SMILES string of the molecule is OB(O)OCc1ccccc1Cl. The van der Waals surface area contributed by atoms with Gasteiger partial charge >= 0.3 is 7.32 Å². The summed E-state index contributed by atoms with van der Waals surface area (Å²) < 4.78 is 4.54. The van der Waals surface area contributed by atoms with Crippen LogP contribution in [0, 0.1) is 0 Å². The fourth-order valence-electron chi connectivity index (χ4n) is 0.780. The highest BCUT2D eigenvalue weighted by Gasteiger charge is 2.09. The van der Waals surface area contributed by atoms with E-state index in [4.69, 9.17) is 21.6 Å². The van der Waals surface area contributed by atoms with Gasteiger partial charge in [-0.2, -0.15) is 0 Å². The van der Waals surface area contributed by atoms with Crippen LogP contribution in [0.25, 0.3) is 0 Å².